The van der Waals surface area contributed by atoms with E-state index in [0.29, 0.717) is 6.61 Å². The van der Waals surface area contributed by atoms with Gasteiger partial charge in [-0.05, 0) is 24.6 Å². The molecular weight excluding hydrogens is 230 g/mol. The molecule has 18 heavy (non-hydrogen) atoms. The van der Waals surface area contributed by atoms with Gasteiger partial charge in [0.15, 0.2) is 6.23 Å². The molecule has 1 amide bonds. The van der Waals surface area contributed by atoms with Crippen molar-refractivity contribution in [1.29, 1.82) is 0 Å². The van der Waals surface area contributed by atoms with Crippen LogP contribution in [0.25, 0.3) is 0 Å². The normalized spacial score (nSPS) is 26.2. The number of methoxy groups -OCH3 is 1. The second kappa shape index (κ2) is 4.14. The third-order valence-electron chi connectivity index (χ3n) is 3.53. The highest BCUT2D eigenvalue weighted by Crippen LogP contribution is 2.37. The van der Waals surface area contributed by atoms with Gasteiger partial charge >= 0.3 is 0 Å². The van der Waals surface area contributed by atoms with Gasteiger partial charge in [-0.2, -0.15) is 0 Å². The first-order chi connectivity index (χ1) is 8.70. The zero-order chi connectivity index (χ0) is 12.7. The minimum atomic E-state index is -0.276. The lowest BCUT2D eigenvalue weighted by molar-refractivity contribution is -0.130. The van der Waals surface area contributed by atoms with Crippen molar-refractivity contribution in [3.63, 3.8) is 0 Å². The Labute approximate surface area is 106 Å². The van der Waals surface area contributed by atoms with Crippen molar-refractivity contribution in [2.24, 2.45) is 0 Å². The summed E-state index contributed by atoms with van der Waals surface area (Å²) < 4.78 is 10.9. The van der Waals surface area contributed by atoms with Gasteiger partial charge in [-0.3, -0.25) is 4.79 Å². The van der Waals surface area contributed by atoms with E-state index < -0.39 is 0 Å². The topological polar surface area (TPSA) is 38.8 Å². The summed E-state index contributed by atoms with van der Waals surface area (Å²) >= 11 is 0. The third-order valence-corrected chi connectivity index (χ3v) is 3.53. The molecule has 2 atom stereocenters. The number of carbonyl (C=O) groups is 1. The van der Waals surface area contributed by atoms with Crippen molar-refractivity contribution in [1.82, 2.24) is 4.90 Å². The largest absolute Gasteiger partial charge is 0.497 e. The number of nitrogens with zero attached hydrogens (tertiary/aromatic N) is 1. The van der Waals surface area contributed by atoms with Crippen LogP contribution in [-0.2, 0) is 9.53 Å². The number of amides is 1. The van der Waals surface area contributed by atoms with E-state index in [1.54, 1.807) is 18.1 Å². The lowest BCUT2D eigenvalue weighted by Crippen LogP contribution is -2.32. The first-order valence-electron chi connectivity index (χ1n) is 5.97. The molecule has 4 nitrogen and oxygen atoms in total. The van der Waals surface area contributed by atoms with Crippen molar-refractivity contribution in [3.8, 4) is 5.75 Å². The number of hydrogen-bond donors (Lipinski definition) is 0. The van der Waals surface area contributed by atoms with Gasteiger partial charge in [0.25, 0.3) is 0 Å². The Kier molecular flexibility index (Phi) is 2.59. The molecule has 2 unspecified atom stereocenters. The maximum absolute atomic E-state index is 11.9. The van der Waals surface area contributed by atoms with E-state index in [1.807, 2.05) is 31.2 Å². The summed E-state index contributed by atoms with van der Waals surface area (Å²) in [5.74, 6) is 0.839. The van der Waals surface area contributed by atoms with Gasteiger partial charge < -0.3 is 14.4 Å². The third kappa shape index (κ3) is 1.61. The monoisotopic (exact) mass is 245 g/mol. The lowest BCUT2D eigenvalue weighted by Gasteiger charge is -2.23. The fraction of sp³-hybridized carbons (Fsp3) is 0.357. The number of hydrogen-bond acceptors (Lipinski definition) is 3. The second-order valence-corrected chi connectivity index (χ2v) is 4.61. The predicted molar refractivity (Wildman–Crippen MR) is 66.1 cm³/mol. The molecule has 0 radical (unpaired) electrons. The Morgan fingerprint density at radius 3 is 2.72 bits per heavy atom. The number of fused-ring (bicyclic) bond motifs is 1. The van der Waals surface area contributed by atoms with Crippen LogP contribution in [0.5, 0.6) is 5.75 Å². The first-order valence-corrected chi connectivity index (χ1v) is 5.97. The highest BCUT2D eigenvalue weighted by atomic mass is 16.5. The molecule has 2 aliphatic heterocycles. The molecule has 0 saturated carbocycles. The molecule has 1 saturated heterocycles. The van der Waals surface area contributed by atoms with Gasteiger partial charge in [0.2, 0.25) is 5.91 Å². The molecular formula is C14H15NO3. The van der Waals surface area contributed by atoms with Crippen molar-refractivity contribution < 1.29 is 14.3 Å². The Balaban J connectivity index is 1.87. The molecule has 94 valence electrons. The van der Waals surface area contributed by atoms with Crippen LogP contribution in [0, 0.1) is 0 Å². The average Bonchev–Trinajstić information content (AvgIpc) is 2.93. The van der Waals surface area contributed by atoms with E-state index in [2.05, 4.69) is 0 Å². The summed E-state index contributed by atoms with van der Waals surface area (Å²) in [6, 6.07) is 7.74. The number of carbonyl (C=O) groups excluding carboxylic acids is 1. The summed E-state index contributed by atoms with van der Waals surface area (Å²) in [4.78, 5) is 13.7. The maximum atomic E-state index is 11.9. The van der Waals surface area contributed by atoms with E-state index >= 15 is 0 Å². The molecule has 1 fully saturated rings. The zero-order valence-electron chi connectivity index (χ0n) is 10.4. The highest BCUT2D eigenvalue weighted by molar-refractivity contribution is 5.92. The summed E-state index contributed by atoms with van der Waals surface area (Å²) in [5.41, 5.74) is 2.06. The molecule has 4 heteroatoms. The smallest absolute Gasteiger partial charge is 0.249 e. The molecule has 0 spiro atoms. The fourth-order valence-electron chi connectivity index (χ4n) is 2.52. The SMILES string of the molecule is COc1ccc(C2OCC3C(C)=CC(=O)N32)cc1. The Morgan fingerprint density at radius 2 is 2.06 bits per heavy atom. The van der Waals surface area contributed by atoms with Crippen LogP contribution in [0.15, 0.2) is 35.9 Å². The van der Waals surface area contributed by atoms with Gasteiger partial charge in [-0.1, -0.05) is 12.1 Å². The van der Waals surface area contributed by atoms with Crippen LogP contribution in [-0.4, -0.2) is 30.6 Å². The summed E-state index contributed by atoms with van der Waals surface area (Å²) in [7, 11) is 1.63. The minimum absolute atomic E-state index is 0.0378. The van der Waals surface area contributed by atoms with E-state index in [-0.39, 0.29) is 18.2 Å². The zero-order valence-corrected chi connectivity index (χ0v) is 10.4. The van der Waals surface area contributed by atoms with Gasteiger partial charge in [0, 0.05) is 11.6 Å². The van der Waals surface area contributed by atoms with Crippen LogP contribution < -0.4 is 4.74 Å². The van der Waals surface area contributed by atoms with E-state index in [9.17, 15) is 4.79 Å². The predicted octanol–water partition coefficient (Wildman–Crippen LogP) is 1.88. The van der Waals surface area contributed by atoms with Crippen molar-refractivity contribution >= 4 is 5.91 Å². The molecule has 2 aliphatic rings. The molecule has 0 N–H and O–H groups in total. The van der Waals surface area contributed by atoms with Gasteiger partial charge in [0.1, 0.15) is 5.75 Å². The number of rotatable bonds is 2. The maximum Gasteiger partial charge on any atom is 0.249 e. The highest BCUT2D eigenvalue weighted by Gasteiger charge is 2.42. The summed E-state index contributed by atoms with van der Waals surface area (Å²) in [5, 5.41) is 0. The van der Waals surface area contributed by atoms with Gasteiger partial charge in [0.05, 0.1) is 19.8 Å². The van der Waals surface area contributed by atoms with Crippen LogP contribution in [0.1, 0.15) is 18.7 Å². The van der Waals surface area contributed by atoms with Crippen LogP contribution in [0.2, 0.25) is 0 Å². The van der Waals surface area contributed by atoms with Crippen molar-refractivity contribution in [2.45, 2.75) is 19.2 Å². The van der Waals surface area contributed by atoms with Crippen LogP contribution in [0.3, 0.4) is 0 Å². The van der Waals surface area contributed by atoms with E-state index in [1.165, 1.54) is 0 Å². The van der Waals surface area contributed by atoms with Crippen molar-refractivity contribution in [3.05, 3.63) is 41.5 Å². The summed E-state index contributed by atoms with van der Waals surface area (Å²) in [6.07, 6.45) is 1.42. The standard InChI is InChI=1S/C14H15NO3/c1-9-7-13(16)15-12(9)8-18-14(15)10-3-5-11(17-2)6-4-10/h3-7,12,14H,8H2,1-2H3. The van der Waals surface area contributed by atoms with Gasteiger partial charge in [-0.25, -0.2) is 0 Å². The van der Waals surface area contributed by atoms with Gasteiger partial charge in [-0.15, -0.1) is 0 Å². The molecule has 0 aromatic heterocycles. The first kappa shape index (κ1) is 11.3. The number of ether oxygens (including phenoxy) is 2. The molecule has 1 aromatic carbocycles. The fourth-order valence-corrected chi connectivity index (χ4v) is 2.52. The average molecular weight is 245 g/mol. The number of benzene rings is 1. The second-order valence-electron chi connectivity index (χ2n) is 4.61. The Morgan fingerprint density at radius 1 is 1.33 bits per heavy atom. The van der Waals surface area contributed by atoms with Crippen LogP contribution in [0.4, 0.5) is 0 Å². The Hall–Kier alpha value is -1.81. The summed E-state index contributed by atoms with van der Waals surface area (Å²) in [6.45, 7) is 2.55. The minimum Gasteiger partial charge on any atom is -0.497 e. The van der Waals surface area contributed by atoms with Crippen molar-refractivity contribution in [2.75, 3.05) is 13.7 Å². The van der Waals surface area contributed by atoms with E-state index in [0.717, 1.165) is 16.9 Å². The van der Waals surface area contributed by atoms with Crippen LogP contribution >= 0.6 is 0 Å². The van der Waals surface area contributed by atoms with E-state index in [4.69, 9.17) is 9.47 Å². The lowest BCUT2D eigenvalue weighted by atomic mass is 10.1. The molecule has 2 heterocycles. The molecule has 0 bridgehead atoms. The quantitative estimate of drug-likeness (QED) is 0.798. The molecule has 1 aromatic rings. The molecule has 3 rings (SSSR count). The Bertz CT molecular complexity index is 506. The molecule has 0 aliphatic carbocycles.